The topological polar surface area (TPSA) is 75.4 Å². The molecule has 0 spiro atoms. The number of carbonyl (C=O) groups is 1. The van der Waals surface area contributed by atoms with Crippen LogP contribution >= 0.6 is 0 Å². The Labute approximate surface area is 109 Å². The summed E-state index contributed by atoms with van der Waals surface area (Å²) in [4.78, 5) is 15.1. The van der Waals surface area contributed by atoms with E-state index in [9.17, 15) is 9.18 Å². The standard InChI is InChI=1S/C13H15FN2O3/c1-2-3-4-9(12(17)18)15-13-16-10-7-8(14)5-6-11(10)19-13/h5-7,9H,2-4H2,1H3,(H,15,16)(H,17,18). The molecule has 0 aliphatic heterocycles. The van der Waals surface area contributed by atoms with E-state index in [4.69, 9.17) is 9.52 Å². The van der Waals surface area contributed by atoms with E-state index in [0.717, 1.165) is 12.8 Å². The number of oxazole rings is 1. The van der Waals surface area contributed by atoms with Crippen molar-refractivity contribution >= 4 is 23.1 Å². The first-order chi connectivity index (χ1) is 9.10. The van der Waals surface area contributed by atoms with E-state index >= 15 is 0 Å². The average Bonchev–Trinajstić information content (AvgIpc) is 2.75. The largest absolute Gasteiger partial charge is 0.480 e. The third kappa shape index (κ3) is 3.21. The predicted molar refractivity (Wildman–Crippen MR) is 68.5 cm³/mol. The first-order valence-corrected chi connectivity index (χ1v) is 6.15. The first kappa shape index (κ1) is 13.3. The molecule has 6 heteroatoms. The maximum atomic E-state index is 13.0. The summed E-state index contributed by atoms with van der Waals surface area (Å²) in [6.45, 7) is 1.99. The van der Waals surface area contributed by atoms with Crippen molar-refractivity contribution < 1.29 is 18.7 Å². The van der Waals surface area contributed by atoms with Gasteiger partial charge in [-0.3, -0.25) is 0 Å². The maximum absolute atomic E-state index is 13.0. The number of carboxylic acid groups (broad SMARTS) is 1. The van der Waals surface area contributed by atoms with Gasteiger partial charge in [-0.15, -0.1) is 0 Å². The minimum absolute atomic E-state index is 0.101. The number of hydrogen-bond donors (Lipinski definition) is 2. The van der Waals surface area contributed by atoms with Gasteiger partial charge < -0.3 is 14.8 Å². The number of fused-ring (bicyclic) bond motifs is 1. The quantitative estimate of drug-likeness (QED) is 0.840. The molecule has 1 heterocycles. The smallest absolute Gasteiger partial charge is 0.326 e. The molecule has 0 aliphatic rings. The molecule has 0 radical (unpaired) electrons. The van der Waals surface area contributed by atoms with Crippen molar-refractivity contribution in [2.24, 2.45) is 0 Å². The Bertz CT molecular complexity index is 582. The Hall–Kier alpha value is -2.11. The molecule has 1 atom stereocenters. The summed E-state index contributed by atoms with van der Waals surface area (Å²) in [5.74, 6) is -1.37. The third-order valence-corrected chi connectivity index (χ3v) is 2.79. The molecule has 2 rings (SSSR count). The second kappa shape index (κ2) is 5.69. The summed E-state index contributed by atoms with van der Waals surface area (Å²) in [6, 6.07) is 3.32. The molecule has 2 N–H and O–H groups in total. The molecule has 2 aromatic rings. The highest BCUT2D eigenvalue weighted by atomic mass is 19.1. The van der Waals surface area contributed by atoms with Gasteiger partial charge in [0.25, 0.3) is 6.01 Å². The molecule has 1 unspecified atom stereocenters. The zero-order valence-corrected chi connectivity index (χ0v) is 10.5. The number of benzene rings is 1. The van der Waals surface area contributed by atoms with E-state index in [1.807, 2.05) is 6.92 Å². The maximum Gasteiger partial charge on any atom is 0.326 e. The van der Waals surface area contributed by atoms with E-state index in [1.165, 1.54) is 18.2 Å². The molecule has 5 nitrogen and oxygen atoms in total. The SMILES string of the molecule is CCCCC(Nc1nc2cc(F)ccc2o1)C(=O)O. The molecular weight excluding hydrogens is 251 g/mol. The van der Waals surface area contributed by atoms with Crippen molar-refractivity contribution in [3.05, 3.63) is 24.0 Å². The lowest BCUT2D eigenvalue weighted by Crippen LogP contribution is -2.29. The summed E-state index contributed by atoms with van der Waals surface area (Å²) in [5.41, 5.74) is 0.783. The van der Waals surface area contributed by atoms with Gasteiger partial charge in [0.1, 0.15) is 17.4 Å². The van der Waals surface area contributed by atoms with Gasteiger partial charge >= 0.3 is 5.97 Å². The Morgan fingerprint density at radius 2 is 2.37 bits per heavy atom. The number of rotatable bonds is 6. The highest BCUT2D eigenvalue weighted by Crippen LogP contribution is 2.20. The Kier molecular flexibility index (Phi) is 3.99. The molecule has 1 aromatic heterocycles. The number of anilines is 1. The van der Waals surface area contributed by atoms with Crippen LogP contribution in [0.5, 0.6) is 0 Å². The van der Waals surface area contributed by atoms with Gasteiger partial charge in [-0.05, 0) is 18.6 Å². The molecule has 0 bridgehead atoms. The number of carboxylic acids is 1. The lowest BCUT2D eigenvalue weighted by molar-refractivity contribution is -0.138. The normalized spacial score (nSPS) is 12.5. The summed E-state index contributed by atoms with van der Waals surface area (Å²) in [5, 5.41) is 11.8. The molecule has 0 amide bonds. The summed E-state index contributed by atoms with van der Waals surface area (Å²) >= 11 is 0. The van der Waals surface area contributed by atoms with E-state index < -0.39 is 17.8 Å². The van der Waals surface area contributed by atoms with E-state index in [2.05, 4.69) is 10.3 Å². The molecule has 19 heavy (non-hydrogen) atoms. The fourth-order valence-corrected chi connectivity index (χ4v) is 1.78. The van der Waals surface area contributed by atoms with E-state index in [-0.39, 0.29) is 6.01 Å². The number of aromatic nitrogens is 1. The number of nitrogens with zero attached hydrogens (tertiary/aromatic N) is 1. The number of hydrogen-bond acceptors (Lipinski definition) is 4. The van der Waals surface area contributed by atoms with Gasteiger partial charge in [-0.25, -0.2) is 9.18 Å². The molecule has 0 saturated carbocycles. The molecule has 0 fully saturated rings. The van der Waals surface area contributed by atoms with Gasteiger partial charge in [0, 0.05) is 6.07 Å². The number of unbranched alkanes of at least 4 members (excludes halogenated alkanes) is 1. The summed E-state index contributed by atoms with van der Waals surface area (Å²) in [6.07, 6.45) is 2.18. The van der Waals surface area contributed by atoms with Crippen molar-refractivity contribution in [2.75, 3.05) is 5.32 Å². The Balaban J connectivity index is 2.16. The van der Waals surface area contributed by atoms with E-state index in [0.29, 0.717) is 17.5 Å². The monoisotopic (exact) mass is 266 g/mol. The van der Waals surface area contributed by atoms with Crippen LogP contribution < -0.4 is 5.32 Å². The van der Waals surface area contributed by atoms with Gasteiger partial charge in [-0.2, -0.15) is 4.98 Å². The van der Waals surface area contributed by atoms with Crippen molar-refractivity contribution in [1.29, 1.82) is 0 Å². The van der Waals surface area contributed by atoms with Crippen LogP contribution in [0.1, 0.15) is 26.2 Å². The van der Waals surface area contributed by atoms with Crippen molar-refractivity contribution in [1.82, 2.24) is 4.98 Å². The van der Waals surface area contributed by atoms with Crippen LogP contribution in [0.4, 0.5) is 10.4 Å². The van der Waals surface area contributed by atoms with Crippen LogP contribution in [0, 0.1) is 5.82 Å². The highest BCUT2D eigenvalue weighted by molar-refractivity contribution is 5.78. The molecular formula is C13H15FN2O3. The molecule has 0 aliphatic carbocycles. The minimum atomic E-state index is -0.957. The van der Waals surface area contributed by atoms with Gasteiger partial charge in [0.2, 0.25) is 0 Å². The minimum Gasteiger partial charge on any atom is -0.480 e. The zero-order valence-electron chi connectivity index (χ0n) is 10.5. The zero-order chi connectivity index (χ0) is 13.8. The van der Waals surface area contributed by atoms with Crippen LogP contribution in [-0.2, 0) is 4.79 Å². The summed E-state index contributed by atoms with van der Waals surface area (Å²) in [7, 11) is 0. The molecule has 1 aromatic carbocycles. The van der Waals surface area contributed by atoms with Crippen LogP contribution in [0.15, 0.2) is 22.6 Å². The molecule has 102 valence electrons. The first-order valence-electron chi connectivity index (χ1n) is 6.15. The Morgan fingerprint density at radius 1 is 1.58 bits per heavy atom. The van der Waals surface area contributed by atoms with Crippen molar-refractivity contribution in [2.45, 2.75) is 32.2 Å². The number of aliphatic carboxylic acids is 1. The van der Waals surface area contributed by atoms with Gasteiger partial charge in [0.05, 0.1) is 0 Å². The lowest BCUT2D eigenvalue weighted by Gasteiger charge is -2.11. The Morgan fingerprint density at radius 3 is 3.05 bits per heavy atom. The third-order valence-electron chi connectivity index (χ3n) is 2.79. The van der Waals surface area contributed by atoms with Gasteiger partial charge in [-0.1, -0.05) is 19.8 Å². The van der Waals surface area contributed by atoms with Crippen LogP contribution in [-0.4, -0.2) is 22.1 Å². The van der Waals surface area contributed by atoms with Crippen LogP contribution in [0.25, 0.3) is 11.1 Å². The average molecular weight is 266 g/mol. The van der Waals surface area contributed by atoms with Crippen LogP contribution in [0.2, 0.25) is 0 Å². The van der Waals surface area contributed by atoms with Gasteiger partial charge in [0.15, 0.2) is 5.58 Å². The van der Waals surface area contributed by atoms with Crippen molar-refractivity contribution in [3.8, 4) is 0 Å². The fourth-order valence-electron chi connectivity index (χ4n) is 1.78. The van der Waals surface area contributed by atoms with Crippen LogP contribution in [0.3, 0.4) is 0 Å². The molecule has 0 saturated heterocycles. The highest BCUT2D eigenvalue weighted by Gasteiger charge is 2.19. The number of nitrogens with one attached hydrogen (secondary N) is 1. The lowest BCUT2D eigenvalue weighted by atomic mass is 10.1. The second-order valence-corrected chi connectivity index (χ2v) is 4.31. The second-order valence-electron chi connectivity index (χ2n) is 4.31. The number of halogens is 1. The van der Waals surface area contributed by atoms with Crippen molar-refractivity contribution in [3.63, 3.8) is 0 Å². The van der Waals surface area contributed by atoms with E-state index in [1.54, 1.807) is 0 Å². The summed E-state index contributed by atoms with van der Waals surface area (Å²) < 4.78 is 18.3. The predicted octanol–water partition coefficient (Wildman–Crippen LogP) is 3.02. The fraction of sp³-hybridized carbons (Fsp3) is 0.385.